The van der Waals surface area contributed by atoms with Crippen LogP contribution in [0.15, 0.2) is 59.5 Å². The molecule has 10 heteroatoms. The Balaban J connectivity index is 1.72. The zero-order valence-corrected chi connectivity index (χ0v) is 15.0. The van der Waals surface area contributed by atoms with Gasteiger partial charge in [-0.05, 0) is 42.5 Å². The number of aromatic nitrogens is 1. The summed E-state index contributed by atoms with van der Waals surface area (Å²) >= 11 is 1.32. The summed E-state index contributed by atoms with van der Waals surface area (Å²) in [6, 6.07) is 10.2. The Labute approximate surface area is 156 Å². The number of halogens is 3. The molecule has 1 amide bonds. The van der Waals surface area contributed by atoms with Gasteiger partial charge in [0.1, 0.15) is 5.01 Å². The lowest BCUT2D eigenvalue weighted by Gasteiger charge is -2.08. The van der Waals surface area contributed by atoms with Crippen molar-refractivity contribution in [3.63, 3.8) is 0 Å². The number of rotatable bonds is 4. The van der Waals surface area contributed by atoms with Crippen molar-refractivity contribution in [1.29, 1.82) is 0 Å². The van der Waals surface area contributed by atoms with E-state index in [9.17, 15) is 26.4 Å². The van der Waals surface area contributed by atoms with Crippen molar-refractivity contribution in [3.05, 3.63) is 65.2 Å². The van der Waals surface area contributed by atoms with E-state index in [1.807, 2.05) is 18.2 Å². The highest BCUT2D eigenvalue weighted by atomic mass is 32.2. The fraction of sp³-hybridized carbons (Fsp3) is 0.0588. The van der Waals surface area contributed by atoms with Crippen molar-refractivity contribution in [2.45, 2.75) is 11.1 Å². The van der Waals surface area contributed by atoms with E-state index in [0.717, 1.165) is 28.4 Å². The summed E-state index contributed by atoms with van der Waals surface area (Å²) in [5, 5.41) is 0.512. The maximum atomic E-state index is 12.5. The SMILES string of the molecule is O=C(/C=C/c1nc2ccccc2s1)NS(=O)(=O)c1ccc(C(F)(F)F)cc1. The Bertz CT molecular complexity index is 1090. The van der Waals surface area contributed by atoms with Crippen molar-refractivity contribution in [3.8, 4) is 0 Å². The van der Waals surface area contributed by atoms with E-state index >= 15 is 0 Å². The third kappa shape index (κ3) is 4.52. The lowest BCUT2D eigenvalue weighted by Crippen LogP contribution is -2.29. The number of hydrogen-bond acceptors (Lipinski definition) is 5. The first-order valence-corrected chi connectivity index (χ1v) is 9.73. The predicted molar refractivity (Wildman–Crippen MR) is 95.4 cm³/mol. The van der Waals surface area contributed by atoms with Crippen LogP contribution in [0.2, 0.25) is 0 Å². The van der Waals surface area contributed by atoms with Gasteiger partial charge in [-0.1, -0.05) is 12.1 Å². The Kier molecular flexibility index (Phi) is 5.03. The van der Waals surface area contributed by atoms with Gasteiger partial charge in [-0.2, -0.15) is 13.2 Å². The van der Waals surface area contributed by atoms with Crippen LogP contribution >= 0.6 is 11.3 Å². The molecule has 0 bridgehead atoms. The molecule has 0 spiro atoms. The van der Waals surface area contributed by atoms with Gasteiger partial charge in [-0.25, -0.2) is 18.1 Å². The zero-order chi connectivity index (χ0) is 19.7. The van der Waals surface area contributed by atoms with Crippen LogP contribution in [-0.4, -0.2) is 19.3 Å². The smallest absolute Gasteiger partial charge is 0.269 e. The molecule has 0 atom stereocenters. The molecular formula is C17H11F3N2O3S2. The molecule has 5 nitrogen and oxygen atoms in total. The number of hydrogen-bond donors (Lipinski definition) is 1. The molecular weight excluding hydrogens is 401 g/mol. The van der Waals surface area contributed by atoms with Gasteiger partial charge < -0.3 is 0 Å². The number of thiazole rings is 1. The predicted octanol–water partition coefficient (Wildman–Crippen LogP) is 3.83. The largest absolute Gasteiger partial charge is 0.416 e. The molecule has 3 rings (SSSR count). The van der Waals surface area contributed by atoms with Crippen molar-refractivity contribution in [2.24, 2.45) is 0 Å². The van der Waals surface area contributed by atoms with Crippen molar-refractivity contribution >= 4 is 43.6 Å². The van der Waals surface area contributed by atoms with E-state index in [4.69, 9.17) is 0 Å². The zero-order valence-electron chi connectivity index (χ0n) is 13.4. The molecule has 0 aliphatic heterocycles. The van der Waals surface area contributed by atoms with Gasteiger partial charge in [0.05, 0.1) is 20.7 Å². The number of benzene rings is 2. The maximum Gasteiger partial charge on any atom is 0.416 e. The standard InChI is InChI=1S/C17H11F3N2O3S2/c18-17(19,20)11-5-7-12(8-6-11)27(24,25)22-15(23)9-10-16-21-13-3-1-2-4-14(13)26-16/h1-10H,(H,22,23)/b10-9+. The van der Waals surface area contributed by atoms with Crippen LogP contribution in [0.3, 0.4) is 0 Å². The van der Waals surface area contributed by atoms with Crippen LogP contribution in [0, 0.1) is 0 Å². The van der Waals surface area contributed by atoms with Crippen LogP contribution in [0.25, 0.3) is 16.3 Å². The second-order valence-corrected chi connectivity index (χ2v) is 8.09. The molecule has 1 heterocycles. The second kappa shape index (κ2) is 7.12. The Morgan fingerprint density at radius 3 is 2.37 bits per heavy atom. The summed E-state index contributed by atoms with van der Waals surface area (Å²) in [5.41, 5.74) is -0.233. The molecule has 140 valence electrons. The average molecular weight is 412 g/mol. The van der Waals surface area contributed by atoms with Crippen molar-refractivity contribution < 1.29 is 26.4 Å². The quantitative estimate of drug-likeness (QED) is 0.661. The minimum atomic E-state index is -4.58. The summed E-state index contributed by atoms with van der Waals surface area (Å²) in [5.74, 6) is -0.936. The molecule has 2 aromatic carbocycles. The van der Waals surface area contributed by atoms with Gasteiger partial charge in [-0.3, -0.25) is 4.79 Å². The summed E-state index contributed by atoms with van der Waals surface area (Å²) in [6.45, 7) is 0. The monoisotopic (exact) mass is 412 g/mol. The molecule has 1 N–H and O–H groups in total. The highest BCUT2D eigenvalue weighted by Gasteiger charge is 2.30. The van der Waals surface area contributed by atoms with E-state index in [1.165, 1.54) is 17.4 Å². The molecule has 0 saturated heterocycles. The molecule has 0 radical (unpaired) electrons. The van der Waals surface area contributed by atoms with Gasteiger partial charge in [0, 0.05) is 6.08 Å². The normalized spacial score (nSPS) is 12.6. The summed E-state index contributed by atoms with van der Waals surface area (Å²) in [6.07, 6.45) is -2.22. The number of fused-ring (bicyclic) bond motifs is 1. The fourth-order valence-electron chi connectivity index (χ4n) is 2.16. The van der Waals surface area contributed by atoms with Gasteiger partial charge in [0.25, 0.3) is 15.9 Å². The van der Waals surface area contributed by atoms with E-state index < -0.39 is 32.6 Å². The lowest BCUT2D eigenvalue weighted by molar-refractivity contribution is -0.137. The Morgan fingerprint density at radius 2 is 1.74 bits per heavy atom. The van der Waals surface area contributed by atoms with Gasteiger partial charge >= 0.3 is 6.18 Å². The number of alkyl halides is 3. The van der Waals surface area contributed by atoms with Crippen LogP contribution < -0.4 is 4.72 Å². The topological polar surface area (TPSA) is 76.1 Å². The van der Waals surface area contributed by atoms with Crippen LogP contribution in [0.4, 0.5) is 13.2 Å². The highest BCUT2D eigenvalue weighted by molar-refractivity contribution is 7.90. The van der Waals surface area contributed by atoms with Gasteiger partial charge in [0.15, 0.2) is 0 Å². The molecule has 3 aromatic rings. The third-order valence-corrected chi connectivity index (χ3v) is 5.78. The van der Waals surface area contributed by atoms with Gasteiger partial charge in [-0.15, -0.1) is 11.3 Å². The molecule has 0 saturated carbocycles. The first-order valence-electron chi connectivity index (χ1n) is 7.43. The van der Waals surface area contributed by atoms with Crippen LogP contribution in [0.1, 0.15) is 10.6 Å². The number of amides is 1. The molecule has 0 aliphatic carbocycles. The molecule has 1 aromatic heterocycles. The van der Waals surface area contributed by atoms with Crippen molar-refractivity contribution in [2.75, 3.05) is 0 Å². The number of carbonyl (C=O) groups is 1. The first-order chi connectivity index (χ1) is 12.6. The molecule has 0 unspecified atom stereocenters. The Morgan fingerprint density at radius 1 is 1.07 bits per heavy atom. The highest BCUT2D eigenvalue weighted by Crippen LogP contribution is 2.29. The molecule has 0 fully saturated rings. The number of para-hydroxylation sites is 1. The van der Waals surface area contributed by atoms with E-state index in [0.29, 0.717) is 17.1 Å². The first kappa shape index (κ1) is 19.1. The number of carbonyl (C=O) groups excluding carboxylic acids is 1. The average Bonchev–Trinajstić information content (AvgIpc) is 3.02. The Hall–Kier alpha value is -2.72. The minimum Gasteiger partial charge on any atom is -0.269 e. The summed E-state index contributed by atoms with van der Waals surface area (Å²) in [7, 11) is -4.29. The number of nitrogens with zero attached hydrogens (tertiary/aromatic N) is 1. The van der Waals surface area contributed by atoms with E-state index in [2.05, 4.69) is 4.98 Å². The lowest BCUT2D eigenvalue weighted by atomic mass is 10.2. The fourth-order valence-corrected chi connectivity index (χ4v) is 3.97. The van der Waals surface area contributed by atoms with E-state index in [1.54, 1.807) is 10.8 Å². The summed E-state index contributed by atoms with van der Waals surface area (Å²) in [4.78, 5) is 15.7. The molecule has 0 aliphatic rings. The van der Waals surface area contributed by atoms with Crippen molar-refractivity contribution in [1.82, 2.24) is 9.71 Å². The van der Waals surface area contributed by atoms with Crippen LogP contribution in [-0.2, 0) is 21.0 Å². The minimum absolute atomic E-state index is 0.447. The number of sulfonamides is 1. The van der Waals surface area contributed by atoms with E-state index in [-0.39, 0.29) is 0 Å². The van der Waals surface area contributed by atoms with Crippen LogP contribution in [0.5, 0.6) is 0 Å². The maximum absolute atomic E-state index is 12.5. The second-order valence-electron chi connectivity index (χ2n) is 5.35. The van der Waals surface area contributed by atoms with Gasteiger partial charge in [0.2, 0.25) is 0 Å². The summed E-state index contributed by atoms with van der Waals surface area (Å²) < 4.78 is 64.5. The molecule has 27 heavy (non-hydrogen) atoms. The third-order valence-electron chi connectivity index (χ3n) is 3.41. The number of nitrogens with one attached hydrogen (secondary N) is 1.